The number of benzene rings is 6. The summed E-state index contributed by atoms with van der Waals surface area (Å²) in [5.74, 6) is 0. The fourth-order valence-electron chi connectivity index (χ4n) is 5.04. The molecule has 180 valence electrons. The van der Waals surface area contributed by atoms with E-state index in [9.17, 15) is 14.4 Å². The van der Waals surface area contributed by atoms with Crippen LogP contribution in [-0.2, 0) is 4.57 Å². The third-order valence-electron chi connectivity index (χ3n) is 6.65. The first-order chi connectivity index (χ1) is 18.0. The summed E-state index contributed by atoms with van der Waals surface area (Å²) in [6.07, 6.45) is 0. The summed E-state index contributed by atoms with van der Waals surface area (Å²) in [7, 11) is -4.35. The van der Waals surface area contributed by atoms with E-state index >= 15 is 0 Å². The highest BCUT2D eigenvalue weighted by Gasteiger charge is 2.23. The van der Waals surface area contributed by atoms with Gasteiger partial charge in [0, 0.05) is 22.1 Å². The fourth-order valence-corrected chi connectivity index (χ4v) is 5.58. The molecule has 0 aliphatic carbocycles. The van der Waals surface area contributed by atoms with Crippen molar-refractivity contribution < 1.29 is 14.4 Å². The van der Waals surface area contributed by atoms with Crippen LogP contribution in [0.4, 0.5) is 17.1 Å². The topological polar surface area (TPSA) is 60.8 Å². The molecule has 4 nitrogen and oxygen atoms in total. The summed E-state index contributed by atoms with van der Waals surface area (Å²) in [6.45, 7) is 0. The third kappa shape index (κ3) is 4.22. The van der Waals surface area contributed by atoms with E-state index in [1.54, 1.807) is 12.1 Å². The van der Waals surface area contributed by atoms with E-state index in [4.69, 9.17) is 0 Å². The van der Waals surface area contributed by atoms with Gasteiger partial charge in [-0.25, -0.2) is 0 Å². The molecule has 0 amide bonds. The summed E-state index contributed by atoms with van der Waals surface area (Å²) in [6, 6.07) is 43.9. The van der Waals surface area contributed by atoms with Crippen LogP contribution < -0.4 is 10.2 Å². The van der Waals surface area contributed by atoms with Gasteiger partial charge in [0.15, 0.2) is 0 Å². The number of anilines is 3. The summed E-state index contributed by atoms with van der Waals surface area (Å²) in [5, 5.41) is 4.44. The normalized spacial score (nSPS) is 11.6. The lowest BCUT2D eigenvalue weighted by Gasteiger charge is -2.29. The maximum absolute atomic E-state index is 11.9. The Labute approximate surface area is 215 Å². The molecule has 0 radical (unpaired) electrons. The molecule has 0 fully saturated rings. The monoisotopic (exact) mass is 501 g/mol. The van der Waals surface area contributed by atoms with Gasteiger partial charge in [-0.05, 0) is 58.3 Å². The van der Waals surface area contributed by atoms with Gasteiger partial charge in [-0.2, -0.15) is 0 Å². The third-order valence-corrected chi connectivity index (χ3v) is 7.62. The van der Waals surface area contributed by atoms with Gasteiger partial charge in [-0.1, -0.05) is 97.1 Å². The molecule has 6 aromatic carbocycles. The van der Waals surface area contributed by atoms with Gasteiger partial charge < -0.3 is 14.7 Å². The van der Waals surface area contributed by atoms with Crippen molar-refractivity contribution in [3.05, 3.63) is 133 Å². The van der Waals surface area contributed by atoms with E-state index in [1.807, 2.05) is 36.4 Å². The zero-order valence-electron chi connectivity index (χ0n) is 19.9. The second-order valence-electron chi connectivity index (χ2n) is 8.91. The Morgan fingerprint density at radius 1 is 0.486 bits per heavy atom. The summed E-state index contributed by atoms with van der Waals surface area (Å²) < 4.78 is 11.9. The van der Waals surface area contributed by atoms with Crippen molar-refractivity contribution in [3.63, 3.8) is 0 Å². The van der Waals surface area contributed by atoms with Crippen molar-refractivity contribution in [2.24, 2.45) is 0 Å². The first-order valence-electron chi connectivity index (χ1n) is 12.0. The number of nitrogens with zero attached hydrogens (tertiary/aromatic N) is 1. The van der Waals surface area contributed by atoms with Crippen LogP contribution >= 0.6 is 7.60 Å². The van der Waals surface area contributed by atoms with Crippen LogP contribution in [0.25, 0.3) is 32.7 Å². The Kier molecular flexibility index (Phi) is 5.86. The quantitative estimate of drug-likeness (QED) is 0.186. The lowest BCUT2D eigenvalue weighted by atomic mass is 9.90. The molecule has 37 heavy (non-hydrogen) atoms. The molecule has 2 N–H and O–H groups in total. The minimum atomic E-state index is -4.35. The SMILES string of the molecule is O=P(O)(O)c1ccc(N(c2ccccc2)c2c3ccccc3c(-c3ccccc3)c3ccccc23)cc1. The molecule has 0 atom stereocenters. The molecule has 0 aliphatic heterocycles. The van der Waals surface area contributed by atoms with E-state index in [0.717, 1.165) is 44.2 Å². The van der Waals surface area contributed by atoms with E-state index < -0.39 is 7.60 Å². The molecule has 0 aliphatic rings. The lowest BCUT2D eigenvalue weighted by molar-refractivity contribution is 0.387. The van der Waals surface area contributed by atoms with Crippen LogP contribution in [0.15, 0.2) is 133 Å². The average molecular weight is 502 g/mol. The zero-order chi connectivity index (χ0) is 25.4. The van der Waals surface area contributed by atoms with Gasteiger partial charge in [0.2, 0.25) is 0 Å². The van der Waals surface area contributed by atoms with E-state index in [0.29, 0.717) is 0 Å². The van der Waals surface area contributed by atoms with Gasteiger partial charge >= 0.3 is 7.60 Å². The van der Waals surface area contributed by atoms with Crippen LogP contribution in [0, 0.1) is 0 Å². The van der Waals surface area contributed by atoms with Crippen LogP contribution in [0.5, 0.6) is 0 Å². The molecular formula is C32H24NO3P. The summed E-state index contributed by atoms with van der Waals surface area (Å²) in [5.41, 5.74) is 5.11. The first-order valence-corrected chi connectivity index (χ1v) is 13.6. The molecule has 0 spiro atoms. The Morgan fingerprint density at radius 2 is 0.919 bits per heavy atom. The Hall–Kier alpha value is -4.21. The van der Waals surface area contributed by atoms with Crippen LogP contribution in [0.1, 0.15) is 0 Å². The molecule has 0 bridgehead atoms. The minimum absolute atomic E-state index is 0.00148. The minimum Gasteiger partial charge on any atom is -0.321 e. The van der Waals surface area contributed by atoms with Crippen LogP contribution in [-0.4, -0.2) is 9.79 Å². The van der Waals surface area contributed by atoms with Crippen molar-refractivity contribution >= 4 is 51.5 Å². The highest BCUT2D eigenvalue weighted by molar-refractivity contribution is 7.60. The molecule has 0 heterocycles. The van der Waals surface area contributed by atoms with E-state index in [-0.39, 0.29) is 5.30 Å². The molecule has 0 saturated carbocycles. The van der Waals surface area contributed by atoms with Crippen molar-refractivity contribution in [1.29, 1.82) is 0 Å². The van der Waals surface area contributed by atoms with Gasteiger partial charge in [0.05, 0.1) is 11.0 Å². The van der Waals surface area contributed by atoms with Gasteiger partial charge in [0.25, 0.3) is 0 Å². The maximum atomic E-state index is 11.9. The molecule has 6 rings (SSSR count). The van der Waals surface area contributed by atoms with Crippen molar-refractivity contribution in [1.82, 2.24) is 0 Å². The summed E-state index contributed by atoms with van der Waals surface area (Å²) in [4.78, 5) is 21.5. The standard InChI is InChI=1S/C32H24NO3P/c34-37(35,36)26-21-19-25(20-22-26)33(24-13-5-2-6-14-24)32-29-17-9-7-15-27(29)31(23-11-3-1-4-12-23)28-16-8-10-18-30(28)32/h1-22H,(H2,34,35,36). The molecule has 0 aromatic heterocycles. The number of fused-ring (bicyclic) bond motifs is 2. The zero-order valence-corrected chi connectivity index (χ0v) is 20.8. The van der Waals surface area contributed by atoms with Gasteiger partial charge in [-0.15, -0.1) is 0 Å². The highest BCUT2D eigenvalue weighted by atomic mass is 31.2. The summed E-state index contributed by atoms with van der Waals surface area (Å²) >= 11 is 0. The van der Waals surface area contributed by atoms with Gasteiger partial charge in [-0.3, -0.25) is 4.57 Å². The molecule has 5 heteroatoms. The molecule has 6 aromatic rings. The first kappa shape index (κ1) is 23.2. The second kappa shape index (κ2) is 9.34. The van der Waals surface area contributed by atoms with E-state index in [1.165, 1.54) is 17.7 Å². The smallest absolute Gasteiger partial charge is 0.321 e. The van der Waals surface area contributed by atoms with Crippen LogP contribution in [0.2, 0.25) is 0 Å². The van der Waals surface area contributed by atoms with Gasteiger partial charge in [0.1, 0.15) is 0 Å². The molecule has 0 saturated heterocycles. The Balaban J connectivity index is 1.72. The highest BCUT2D eigenvalue weighted by Crippen LogP contribution is 2.48. The lowest BCUT2D eigenvalue weighted by Crippen LogP contribution is -2.13. The predicted molar refractivity (Wildman–Crippen MR) is 153 cm³/mol. The second-order valence-corrected chi connectivity index (χ2v) is 10.5. The average Bonchev–Trinajstić information content (AvgIpc) is 2.94. The van der Waals surface area contributed by atoms with Crippen LogP contribution in [0.3, 0.4) is 0 Å². The predicted octanol–water partition coefficient (Wildman–Crippen LogP) is 7.93. The van der Waals surface area contributed by atoms with Crippen molar-refractivity contribution in [2.75, 3.05) is 4.90 Å². The Bertz CT molecular complexity index is 1700. The largest absolute Gasteiger partial charge is 0.356 e. The molecular weight excluding hydrogens is 477 g/mol. The number of hydrogen-bond donors (Lipinski definition) is 2. The maximum Gasteiger partial charge on any atom is 0.356 e. The number of rotatable bonds is 5. The van der Waals surface area contributed by atoms with E-state index in [2.05, 4.69) is 77.7 Å². The Morgan fingerprint density at radius 3 is 1.43 bits per heavy atom. The number of hydrogen-bond acceptors (Lipinski definition) is 2. The van der Waals surface area contributed by atoms with Crippen molar-refractivity contribution in [3.8, 4) is 11.1 Å². The van der Waals surface area contributed by atoms with Crippen molar-refractivity contribution in [2.45, 2.75) is 0 Å². The molecule has 0 unspecified atom stereocenters. The number of para-hydroxylation sites is 1. The fraction of sp³-hybridized carbons (Fsp3) is 0.